The van der Waals surface area contributed by atoms with Gasteiger partial charge in [-0.05, 0) is 19.2 Å². The number of methoxy groups -OCH3 is 1. The van der Waals surface area contributed by atoms with E-state index >= 15 is 0 Å². The lowest BCUT2D eigenvalue weighted by Crippen LogP contribution is -2.61. The second-order valence-corrected chi connectivity index (χ2v) is 7.72. The fraction of sp³-hybridized carbons (Fsp3) is 0.600. The van der Waals surface area contributed by atoms with Crippen LogP contribution < -0.4 is 20.5 Å². The molecule has 7 N–H and O–H groups in total. The summed E-state index contributed by atoms with van der Waals surface area (Å²) >= 11 is 6.17. The first-order valence-corrected chi connectivity index (χ1v) is 10.7. The zero-order valence-corrected chi connectivity index (χ0v) is 19.3. The molecular formula is C20H30ClN3O9. The Balaban J connectivity index is 2.33. The second-order valence-electron chi connectivity index (χ2n) is 7.32. The number of aliphatic hydroxyl groups excluding tert-OH is 3. The van der Waals surface area contributed by atoms with Gasteiger partial charge in [0.2, 0.25) is 6.29 Å². The molecule has 1 amide bonds. The van der Waals surface area contributed by atoms with Crippen LogP contribution in [0.1, 0.15) is 24.2 Å². The number of carboxylic acid groups (broad SMARTS) is 1. The van der Waals surface area contributed by atoms with Crippen LogP contribution in [0.5, 0.6) is 11.5 Å². The van der Waals surface area contributed by atoms with Crippen molar-refractivity contribution in [1.82, 2.24) is 10.2 Å². The second kappa shape index (κ2) is 11.7. The first-order chi connectivity index (χ1) is 15.6. The van der Waals surface area contributed by atoms with Crippen LogP contribution in [0.2, 0.25) is 5.02 Å². The number of carboxylic acids is 1. The van der Waals surface area contributed by atoms with Gasteiger partial charge in [-0.25, -0.2) is 4.79 Å². The largest absolute Gasteiger partial charge is 0.492 e. The Morgan fingerprint density at radius 3 is 2.36 bits per heavy atom. The molecule has 0 spiro atoms. The molecule has 1 aromatic rings. The number of carbonyl (C=O) groups is 2. The first kappa shape index (κ1) is 26.9. The molecule has 0 saturated carbocycles. The molecule has 5 atom stereocenters. The van der Waals surface area contributed by atoms with Crippen LogP contribution in [0.15, 0.2) is 6.07 Å². The summed E-state index contributed by atoms with van der Waals surface area (Å²) in [5.74, 6) is -2.55. The zero-order valence-electron chi connectivity index (χ0n) is 18.5. The average Bonchev–Trinajstić information content (AvgIpc) is 2.79. The number of halogens is 1. The highest BCUT2D eigenvalue weighted by atomic mass is 35.5. The van der Waals surface area contributed by atoms with Crippen molar-refractivity contribution in [2.24, 2.45) is 0 Å². The van der Waals surface area contributed by atoms with Gasteiger partial charge in [-0.3, -0.25) is 4.79 Å². The molecule has 5 unspecified atom stereocenters. The Labute approximate surface area is 195 Å². The number of hydrogen-bond acceptors (Lipinski definition) is 10. The highest BCUT2D eigenvalue weighted by Gasteiger charge is 2.48. The predicted octanol–water partition coefficient (Wildman–Crippen LogP) is -0.727. The molecule has 2 rings (SSSR count). The number of aliphatic carboxylic acids is 1. The molecule has 0 aliphatic carbocycles. The summed E-state index contributed by atoms with van der Waals surface area (Å²) in [6.07, 6.45) is -9.28. The van der Waals surface area contributed by atoms with Crippen molar-refractivity contribution in [2.75, 3.05) is 39.0 Å². The molecule has 1 aliphatic rings. The molecular weight excluding hydrogens is 462 g/mol. The van der Waals surface area contributed by atoms with E-state index in [0.717, 1.165) is 13.1 Å². The van der Waals surface area contributed by atoms with Crippen molar-refractivity contribution in [3.63, 3.8) is 0 Å². The van der Waals surface area contributed by atoms with E-state index < -0.39 is 42.6 Å². The summed E-state index contributed by atoms with van der Waals surface area (Å²) in [6.45, 7) is 6.61. The van der Waals surface area contributed by atoms with Crippen molar-refractivity contribution in [1.29, 1.82) is 0 Å². The molecule has 0 bridgehead atoms. The molecule has 33 heavy (non-hydrogen) atoms. The molecule has 13 heteroatoms. The lowest BCUT2D eigenvalue weighted by molar-refractivity contribution is -0.271. The van der Waals surface area contributed by atoms with Gasteiger partial charge in [0, 0.05) is 13.1 Å². The van der Waals surface area contributed by atoms with Crippen LogP contribution in [0.25, 0.3) is 0 Å². The number of nitrogen functional groups attached to an aromatic ring is 1. The zero-order chi connectivity index (χ0) is 24.9. The van der Waals surface area contributed by atoms with E-state index in [1.54, 1.807) is 0 Å². The average molecular weight is 492 g/mol. The number of likely N-dealkylation sites (N-methyl/N-ethyl adjacent to an activating group) is 1. The van der Waals surface area contributed by atoms with E-state index in [1.807, 2.05) is 13.8 Å². The van der Waals surface area contributed by atoms with E-state index in [0.29, 0.717) is 13.1 Å². The molecule has 0 aromatic heterocycles. The van der Waals surface area contributed by atoms with Crippen LogP contribution in [0.3, 0.4) is 0 Å². The topological polar surface area (TPSA) is 184 Å². The van der Waals surface area contributed by atoms with Crippen molar-refractivity contribution >= 4 is 29.2 Å². The molecule has 1 aliphatic heterocycles. The standard InChI is InChI=1S/C20H30ClN3O9/c1-4-24(5-2)7-6-23-18(28)9-8-10(21)11(22)16(15(9)31-3)32-20-14(27)12(25)13(26)17(33-20)19(29)30/h8,12-14,17,20,25-27H,4-7,22H2,1-3H3,(H,23,28)(H,29,30). The van der Waals surface area contributed by atoms with Crippen LogP contribution in [-0.4, -0.2) is 101 Å². The van der Waals surface area contributed by atoms with Gasteiger partial charge < -0.3 is 50.6 Å². The maximum Gasteiger partial charge on any atom is 0.335 e. The highest BCUT2D eigenvalue weighted by molar-refractivity contribution is 6.34. The number of benzene rings is 1. The number of rotatable bonds is 10. The molecule has 1 aromatic carbocycles. The van der Waals surface area contributed by atoms with E-state index in [4.69, 9.17) is 31.5 Å². The van der Waals surface area contributed by atoms with E-state index in [9.17, 15) is 30.0 Å². The Hall–Kier alpha value is -2.35. The minimum absolute atomic E-state index is 0.0214. The number of ether oxygens (including phenoxy) is 3. The quantitative estimate of drug-likeness (QED) is 0.227. The molecule has 1 fully saturated rings. The smallest absolute Gasteiger partial charge is 0.335 e. The third kappa shape index (κ3) is 5.96. The van der Waals surface area contributed by atoms with Gasteiger partial charge in [0.15, 0.2) is 17.6 Å². The number of carbonyl (C=O) groups excluding carboxylic acids is 1. The summed E-state index contributed by atoms with van der Waals surface area (Å²) in [4.78, 5) is 26.2. The normalized spacial score (nSPS) is 25.0. The van der Waals surface area contributed by atoms with Gasteiger partial charge in [0.05, 0.1) is 23.4 Å². The number of nitrogens with two attached hydrogens (primary N) is 1. The molecule has 0 radical (unpaired) electrons. The minimum Gasteiger partial charge on any atom is -0.492 e. The van der Waals surface area contributed by atoms with Crippen molar-refractivity contribution in [3.8, 4) is 11.5 Å². The third-order valence-electron chi connectivity index (χ3n) is 5.33. The maximum atomic E-state index is 12.8. The number of hydrogen-bond donors (Lipinski definition) is 6. The number of amides is 1. The summed E-state index contributed by atoms with van der Waals surface area (Å²) in [5, 5.41) is 42.0. The fourth-order valence-electron chi connectivity index (χ4n) is 3.34. The Morgan fingerprint density at radius 1 is 1.18 bits per heavy atom. The molecule has 12 nitrogen and oxygen atoms in total. The van der Waals surface area contributed by atoms with Crippen LogP contribution in [-0.2, 0) is 9.53 Å². The van der Waals surface area contributed by atoms with Gasteiger partial charge in [0.1, 0.15) is 18.3 Å². The van der Waals surface area contributed by atoms with Crippen molar-refractivity contribution in [2.45, 2.75) is 44.6 Å². The van der Waals surface area contributed by atoms with Crippen LogP contribution >= 0.6 is 11.6 Å². The Morgan fingerprint density at radius 2 is 1.82 bits per heavy atom. The summed E-state index contributed by atoms with van der Waals surface area (Å²) in [6, 6.07) is 1.28. The predicted molar refractivity (Wildman–Crippen MR) is 117 cm³/mol. The lowest BCUT2D eigenvalue weighted by atomic mass is 9.99. The molecule has 186 valence electrons. The summed E-state index contributed by atoms with van der Waals surface area (Å²) in [5.41, 5.74) is 5.79. The molecule has 1 saturated heterocycles. The van der Waals surface area contributed by atoms with E-state index in [2.05, 4.69) is 10.2 Å². The summed E-state index contributed by atoms with van der Waals surface area (Å²) in [7, 11) is 1.25. The molecule has 1 heterocycles. The van der Waals surface area contributed by atoms with Crippen LogP contribution in [0, 0.1) is 0 Å². The minimum atomic E-state index is -1.90. The van der Waals surface area contributed by atoms with Gasteiger partial charge in [-0.1, -0.05) is 25.4 Å². The van der Waals surface area contributed by atoms with Gasteiger partial charge >= 0.3 is 5.97 Å². The lowest BCUT2D eigenvalue weighted by Gasteiger charge is -2.38. The van der Waals surface area contributed by atoms with Crippen LogP contribution in [0.4, 0.5) is 5.69 Å². The van der Waals surface area contributed by atoms with Crippen molar-refractivity contribution in [3.05, 3.63) is 16.7 Å². The number of anilines is 1. The Kier molecular flexibility index (Phi) is 9.52. The SMILES string of the molecule is CCN(CC)CCNC(=O)c1cc(Cl)c(N)c(OC2OC(C(=O)O)C(O)C(O)C2O)c1OC. The number of nitrogens with zero attached hydrogens (tertiary/aromatic N) is 1. The fourth-order valence-corrected chi connectivity index (χ4v) is 3.53. The monoisotopic (exact) mass is 491 g/mol. The van der Waals surface area contributed by atoms with Gasteiger partial charge in [0.25, 0.3) is 5.91 Å². The Bertz CT molecular complexity index is 853. The maximum absolute atomic E-state index is 12.8. The van der Waals surface area contributed by atoms with Gasteiger partial charge in [-0.2, -0.15) is 0 Å². The first-order valence-electron chi connectivity index (χ1n) is 10.3. The third-order valence-corrected chi connectivity index (χ3v) is 5.64. The van der Waals surface area contributed by atoms with E-state index in [-0.39, 0.29) is 27.8 Å². The summed E-state index contributed by atoms with van der Waals surface area (Å²) < 4.78 is 16.0. The number of aliphatic hydroxyl groups is 3. The van der Waals surface area contributed by atoms with Crippen molar-refractivity contribution < 1.29 is 44.2 Å². The highest BCUT2D eigenvalue weighted by Crippen LogP contribution is 2.43. The number of nitrogens with one attached hydrogen (secondary N) is 1. The van der Waals surface area contributed by atoms with E-state index in [1.165, 1.54) is 13.2 Å². The van der Waals surface area contributed by atoms with Gasteiger partial charge in [-0.15, -0.1) is 0 Å².